The molecule has 0 bridgehead atoms. The molecule has 1 N–H and O–H groups in total. The molecular weight excluding hydrogens is 381 g/mol. The van der Waals surface area contributed by atoms with Gasteiger partial charge in [-0.15, -0.1) is 5.10 Å². The van der Waals surface area contributed by atoms with Crippen LogP contribution in [0.3, 0.4) is 0 Å². The lowest BCUT2D eigenvalue weighted by Gasteiger charge is -2.34. The summed E-state index contributed by atoms with van der Waals surface area (Å²) in [5.41, 5.74) is -0.314. The number of piperazine rings is 1. The van der Waals surface area contributed by atoms with Crippen LogP contribution in [0.4, 0.5) is 4.39 Å². The Labute approximate surface area is 157 Å². The highest BCUT2D eigenvalue weighted by molar-refractivity contribution is 6.30. The van der Waals surface area contributed by atoms with Crippen LogP contribution in [0, 0.1) is 5.82 Å². The van der Waals surface area contributed by atoms with E-state index in [0.29, 0.717) is 0 Å². The fraction of sp³-hybridized carbons (Fsp3) is 0.312. The largest absolute Gasteiger partial charge is 0.476 e. The van der Waals surface area contributed by atoms with Crippen molar-refractivity contribution in [2.24, 2.45) is 0 Å². The van der Waals surface area contributed by atoms with E-state index in [1.807, 2.05) is 0 Å². The van der Waals surface area contributed by atoms with Crippen molar-refractivity contribution in [1.29, 1.82) is 0 Å². The molecule has 1 aliphatic heterocycles. The molecule has 9 nitrogen and oxygen atoms in total. The molecule has 2 amide bonds. The number of carbonyl (C=O) groups excluding carboxylic acids is 2. The van der Waals surface area contributed by atoms with E-state index in [9.17, 15) is 18.8 Å². The first-order valence-electron chi connectivity index (χ1n) is 8.00. The summed E-state index contributed by atoms with van der Waals surface area (Å²) in [7, 11) is 0. The molecule has 0 aliphatic carbocycles. The van der Waals surface area contributed by atoms with Gasteiger partial charge in [0.25, 0.3) is 5.91 Å². The molecule has 1 saturated heterocycles. The maximum atomic E-state index is 13.9. The predicted molar refractivity (Wildman–Crippen MR) is 90.9 cm³/mol. The number of halogens is 2. The van der Waals surface area contributed by atoms with Crippen molar-refractivity contribution < 1.29 is 23.9 Å². The first-order chi connectivity index (χ1) is 12.8. The lowest BCUT2D eigenvalue weighted by atomic mass is 10.1. The van der Waals surface area contributed by atoms with Gasteiger partial charge in [0.2, 0.25) is 5.91 Å². The number of nitrogens with zero attached hydrogens (tertiary/aromatic N) is 5. The monoisotopic (exact) mass is 395 g/mol. The third kappa shape index (κ3) is 4.22. The number of rotatable bonds is 4. The zero-order chi connectivity index (χ0) is 19.6. The first kappa shape index (κ1) is 18.8. The van der Waals surface area contributed by atoms with Crippen LogP contribution in [0.15, 0.2) is 24.4 Å². The van der Waals surface area contributed by atoms with Gasteiger partial charge in [0.05, 0.1) is 11.8 Å². The van der Waals surface area contributed by atoms with E-state index in [-0.39, 0.29) is 54.9 Å². The van der Waals surface area contributed by atoms with Crippen LogP contribution in [-0.4, -0.2) is 73.9 Å². The van der Waals surface area contributed by atoms with Crippen molar-refractivity contribution in [1.82, 2.24) is 24.8 Å². The van der Waals surface area contributed by atoms with Gasteiger partial charge in [0.15, 0.2) is 5.69 Å². The number of amides is 2. The molecule has 1 fully saturated rings. The molecule has 0 radical (unpaired) electrons. The van der Waals surface area contributed by atoms with Crippen molar-refractivity contribution in [3.63, 3.8) is 0 Å². The molecule has 3 rings (SSSR count). The lowest BCUT2D eigenvalue weighted by Crippen LogP contribution is -2.51. The number of carbonyl (C=O) groups is 3. The van der Waals surface area contributed by atoms with E-state index in [0.717, 1.165) is 10.7 Å². The quantitative estimate of drug-likeness (QED) is 0.818. The zero-order valence-electron chi connectivity index (χ0n) is 14.0. The van der Waals surface area contributed by atoms with Crippen LogP contribution in [-0.2, 0) is 11.3 Å². The molecule has 1 aromatic heterocycles. The molecule has 27 heavy (non-hydrogen) atoms. The molecule has 11 heteroatoms. The molecule has 2 heterocycles. The number of hydrogen-bond donors (Lipinski definition) is 1. The summed E-state index contributed by atoms with van der Waals surface area (Å²) >= 11 is 5.69. The standard InChI is InChI=1S/C16H15ClFN5O4/c17-10-1-2-11(12(18)7-10)15(25)22-5-3-21(4-6-22)14(24)9-23-8-13(16(26)27)19-20-23/h1-2,7-8H,3-6,9H2,(H,26,27). The van der Waals surface area contributed by atoms with Crippen molar-refractivity contribution in [2.75, 3.05) is 26.2 Å². The van der Waals surface area contributed by atoms with E-state index < -0.39 is 17.7 Å². The third-order valence-electron chi connectivity index (χ3n) is 4.14. The summed E-state index contributed by atoms with van der Waals surface area (Å²) in [6, 6.07) is 3.86. The minimum atomic E-state index is -1.23. The summed E-state index contributed by atoms with van der Waals surface area (Å²) in [5, 5.41) is 16.1. The fourth-order valence-corrected chi connectivity index (χ4v) is 2.86. The van der Waals surface area contributed by atoms with Gasteiger partial charge in [-0.3, -0.25) is 9.59 Å². The summed E-state index contributed by atoms with van der Waals surface area (Å²) in [5.74, 6) is -2.65. The smallest absolute Gasteiger partial charge is 0.358 e. The zero-order valence-corrected chi connectivity index (χ0v) is 14.8. The maximum Gasteiger partial charge on any atom is 0.358 e. The van der Waals surface area contributed by atoms with Crippen LogP contribution < -0.4 is 0 Å². The molecule has 0 saturated carbocycles. The number of aromatic carboxylic acids is 1. The average molecular weight is 396 g/mol. The summed E-state index contributed by atoms with van der Waals surface area (Å²) in [6.07, 6.45) is 1.17. The van der Waals surface area contributed by atoms with Crippen molar-refractivity contribution in [3.05, 3.63) is 46.5 Å². The average Bonchev–Trinajstić information content (AvgIpc) is 3.10. The Balaban J connectivity index is 1.56. The second-order valence-corrected chi connectivity index (χ2v) is 6.34. The van der Waals surface area contributed by atoms with Gasteiger partial charge < -0.3 is 14.9 Å². The Hall–Kier alpha value is -3.01. The van der Waals surface area contributed by atoms with Crippen molar-refractivity contribution in [3.8, 4) is 0 Å². The Bertz CT molecular complexity index is 895. The highest BCUT2D eigenvalue weighted by Gasteiger charge is 2.26. The summed E-state index contributed by atoms with van der Waals surface area (Å²) in [4.78, 5) is 38.5. The van der Waals surface area contributed by atoms with Crippen LogP contribution in [0.2, 0.25) is 5.02 Å². The highest BCUT2D eigenvalue weighted by atomic mass is 35.5. The van der Waals surface area contributed by atoms with Gasteiger partial charge in [0, 0.05) is 31.2 Å². The SMILES string of the molecule is O=C(O)c1cn(CC(=O)N2CCN(C(=O)c3ccc(Cl)cc3F)CC2)nn1. The normalized spacial score (nSPS) is 14.3. The Morgan fingerprint density at radius 3 is 2.41 bits per heavy atom. The number of hydrogen-bond acceptors (Lipinski definition) is 5. The first-order valence-corrected chi connectivity index (χ1v) is 8.38. The second kappa shape index (κ2) is 7.70. The molecule has 1 aliphatic rings. The highest BCUT2D eigenvalue weighted by Crippen LogP contribution is 2.17. The molecule has 0 unspecified atom stereocenters. The molecule has 0 spiro atoms. The van der Waals surface area contributed by atoms with Gasteiger partial charge in [-0.2, -0.15) is 0 Å². The maximum absolute atomic E-state index is 13.9. The second-order valence-electron chi connectivity index (χ2n) is 5.90. The van der Waals surface area contributed by atoms with Crippen LogP contribution in [0.25, 0.3) is 0 Å². The van der Waals surface area contributed by atoms with Crippen LogP contribution in [0.5, 0.6) is 0 Å². The van der Waals surface area contributed by atoms with E-state index in [1.165, 1.54) is 28.1 Å². The van der Waals surface area contributed by atoms with E-state index >= 15 is 0 Å². The Morgan fingerprint density at radius 1 is 1.15 bits per heavy atom. The lowest BCUT2D eigenvalue weighted by molar-refractivity contribution is -0.133. The van der Waals surface area contributed by atoms with Crippen LogP contribution >= 0.6 is 11.6 Å². The summed E-state index contributed by atoms with van der Waals surface area (Å²) in [6.45, 7) is 0.912. The number of aromatic nitrogens is 3. The predicted octanol–water partition coefficient (Wildman–Crippen LogP) is 0.753. The minimum absolute atomic E-state index is 0.0667. The minimum Gasteiger partial charge on any atom is -0.476 e. The number of carboxylic acid groups (broad SMARTS) is 1. The fourth-order valence-electron chi connectivity index (χ4n) is 2.70. The Kier molecular flexibility index (Phi) is 5.36. The molecule has 1 aromatic carbocycles. The van der Waals surface area contributed by atoms with Gasteiger partial charge >= 0.3 is 5.97 Å². The van der Waals surface area contributed by atoms with E-state index in [1.54, 1.807) is 0 Å². The van der Waals surface area contributed by atoms with E-state index in [2.05, 4.69) is 10.3 Å². The summed E-state index contributed by atoms with van der Waals surface area (Å²) < 4.78 is 15.1. The van der Waals surface area contributed by atoms with Gasteiger partial charge in [0.1, 0.15) is 12.4 Å². The molecular formula is C16H15ClFN5O4. The number of benzene rings is 1. The van der Waals surface area contributed by atoms with Crippen molar-refractivity contribution >= 4 is 29.4 Å². The van der Waals surface area contributed by atoms with Gasteiger partial charge in [-0.25, -0.2) is 13.9 Å². The molecule has 2 aromatic rings. The topological polar surface area (TPSA) is 109 Å². The number of carboxylic acids is 1. The van der Waals surface area contributed by atoms with Gasteiger partial charge in [-0.1, -0.05) is 16.8 Å². The van der Waals surface area contributed by atoms with Crippen LogP contribution in [0.1, 0.15) is 20.8 Å². The van der Waals surface area contributed by atoms with E-state index in [4.69, 9.17) is 16.7 Å². The van der Waals surface area contributed by atoms with Crippen molar-refractivity contribution in [2.45, 2.75) is 6.54 Å². The molecule has 0 atom stereocenters. The Morgan fingerprint density at radius 2 is 1.81 bits per heavy atom. The van der Waals surface area contributed by atoms with Gasteiger partial charge in [-0.05, 0) is 18.2 Å². The molecule has 142 valence electrons. The third-order valence-corrected chi connectivity index (χ3v) is 4.37.